The molecule has 17 heavy (non-hydrogen) atoms. The highest BCUT2D eigenvalue weighted by atomic mass is 79.9. The van der Waals surface area contributed by atoms with E-state index in [-0.39, 0.29) is 5.91 Å². The van der Waals surface area contributed by atoms with Gasteiger partial charge in [0, 0.05) is 18.3 Å². The number of amides is 1. The van der Waals surface area contributed by atoms with Gasteiger partial charge in [-0.1, -0.05) is 6.07 Å². The van der Waals surface area contributed by atoms with Crippen LogP contribution < -0.4 is 5.73 Å². The highest BCUT2D eigenvalue weighted by molar-refractivity contribution is 9.10. The molecule has 1 amide bonds. The number of nitrogen functional groups attached to an aromatic ring is 1. The average Bonchev–Trinajstić information content (AvgIpc) is 2.32. The van der Waals surface area contributed by atoms with Gasteiger partial charge in [0.15, 0.2) is 0 Å². The van der Waals surface area contributed by atoms with Crippen molar-refractivity contribution in [3.8, 4) is 0 Å². The lowest BCUT2D eigenvalue weighted by Gasteiger charge is -2.33. The highest BCUT2D eigenvalue weighted by Gasteiger charge is 2.25. The van der Waals surface area contributed by atoms with Crippen molar-refractivity contribution in [2.24, 2.45) is 0 Å². The molecule has 1 saturated heterocycles. The van der Waals surface area contributed by atoms with Crippen LogP contribution >= 0.6 is 15.9 Å². The molecule has 0 spiro atoms. The summed E-state index contributed by atoms with van der Waals surface area (Å²) in [6, 6.07) is 5.76. The maximum atomic E-state index is 12.4. The van der Waals surface area contributed by atoms with Gasteiger partial charge in [0.25, 0.3) is 5.91 Å². The molecule has 0 aliphatic carbocycles. The van der Waals surface area contributed by atoms with E-state index >= 15 is 0 Å². The minimum absolute atomic E-state index is 0.0800. The van der Waals surface area contributed by atoms with Crippen LogP contribution in [-0.4, -0.2) is 23.4 Å². The van der Waals surface area contributed by atoms with E-state index in [2.05, 4.69) is 22.9 Å². The van der Waals surface area contributed by atoms with Gasteiger partial charge in [-0.05, 0) is 54.2 Å². The number of benzene rings is 1. The molecular weight excluding hydrogens is 280 g/mol. The van der Waals surface area contributed by atoms with Gasteiger partial charge in [-0.25, -0.2) is 0 Å². The highest BCUT2D eigenvalue weighted by Crippen LogP contribution is 2.27. The molecule has 1 heterocycles. The van der Waals surface area contributed by atoms with Crippen molar-refractivity contribution in [1.82, 2.24) is 4.90 Å². The largest absolute Gasteiger partial charge is 0.398 e. The Bertz CT molecular complexity index is 433. The van der Waals surface area contributed by atoms with E-state index in [0.29, 0.717) is 21.8 Å². The zero-order valence-electron chi connectivity index (χ0n) is 9.95. The van der Waals surface area contributed by atoms with E-state index in [9.17, 15) is 4.79 Å². The van der Waals surface area contributed by atoms with Gasteiger partial charge in [-0.3, -0.25) is 4.79 Å². The molecule has 1 aliphatic rings. The fourth-order valence-corrected chi connectivity index (χ4v) is 2.70. The normalized spacial score (nSPS) is 20.4. The summed E-state index contributed by atoms with van der Waals surface area (Å²) in [7, 11) is 0. The lowest BCUT2D eigenvalue weighted by Crippen LogP contribution is -2.42. The van der Waals surface area contributed by atoms with E-state index in [1.54, 1.807) is 6.07 Å². The molecule has 1 aromatic rings. The fourth-order valence-electron chi connectivity index (χ4n) is 2.27. The summed E-state index contributed by atoms with van der Waals surface area (Å²) in [5.74, 6) is 0.0800. The number of rotatable bonds is 1. The van der Waals surface area contributed by atoms with Crippen molar-refractivity contribution in [2.75, 3.05) is 12.3 Å². The molecule has 0 bridgehead atoms. The molecule has 92 valence electrons. The molecular formula is C13H17BrN2O. The van der Waals surface area contributed by atoms with Crippen molar-refractivity contribution >= 4 is 27.5 Å². The Balaban J connectivity index is 2.27. The van der Waals surface area contributed by atoms with Crippen molar-refractivity contribution in [3.05, 3.63) is 28.2 Å². The molecule has 2 N–H and O–H groups in total. The van der Waals surface area contributed by atoms with Gasteiger partial charge < -0.3 is 10.6 Å². The molecule has 0 saturated carbocycles. The summed E-state index contributed by atoms with van der Waals surface area (Å²) >= 11 is 3.39. The summed E-state index contributed by atoms with van der Waals surface area (Å²) in [4.78, 5) is 14.4. The third-order valence-electron chi connectivity index (χ3n) is 3.32. The second-order valence-electron chi connectivity index (χ2n) is 4.55. The Hall–Kier alpha value is -1.03. The molecule has 2 rings (SSSR count). The molecule has 1 aliphatic heterocycles. The predicted octanol–water partition coefficient (Wildman–Crippen LogP) is 3.05. The fraction of sp³-hybridized carbons (Fsp3) is 0.462. The van der Waals surface area contributed by atoms with Crippen LogP contribution in [0.15, 0.2) is 22.7 Å². The van der Waals surface area contributed by atoms with Gasteiger partial charge in [0.05, 0.1) is 10.0 Å². The van der Waals surface area contributed by atoms with Gasteiger partial charge in [-0.2, -0.15) is 0 Å². The standard InChI is InChI=1S/C13H17BrN2O/c1-9-5-2-3-8-16(9)13(17)10-6-4-7-11(15)12(10)14/h4,6-7,9H,2-3,5,8,15H2,1H3. The number of piperidine rings is 1. The summed E-state index contributed by atoms with van der Waals surface area (Å²) in [6.45, 7) is 2.96. The smallest absolute Gasteiger partial charge is 0.255 e. The van der Waals surface area contributed by atoms with E-state index in [0.717, 1.165) is 19.4 Å². The second kappa shape index (κ2) is 5.08. The summed E-state index contributed by atoms with van der Waals surface area (Å²) in [5.41, 5.74) is 7.08. The quantitative estimate of drug-likeness (QED) is 0.810. The van der Waals surface area contributed by atoms with Gasteiger partial charge in [0.1, 0.15) is 0 Å². The Morgan fingerprint density at radius 1 is 1.47 bits per heavy atom. The lowest BCUT2D eigenvalue weighted by molar-refractivity contribution is 0.0635. The lowest BCUT2D eigenvalue weighted by atomic mass is 10.0. The molecule has 1 fully saturated rings. The van der Waals surface area contributed by atoms with Crippen LogP contribution in [0.5, 0.6) is 0 Å². The number of nitrogens with two attached hydrogens (primary N) is 1. The average molecular weight is 297 g/mol. The van der Waals surface area contributed by atoms with Crippen LogP contribution in [0.4, 0.5) is 5.69 Å². The third kappa shape index (κ3) is 2.46. The predicted molar refractivity (Wildman–Crippen MR) is 72.9 cm³/mol. The first-order valence-corrected chi connectivity index (χ1v) is 6.75. The van der Waals surface area contributed by atoms with Crippen molar-refractivity contribution in [3.63, 3.8) is 0 Å². The van der Waals surface area contributed by atoms with Gasteiger partial charge in [0.2, 0.25) is 0 Å². The summed E-state index contributed by atoms with van der Waals surface area (Å²) in [6.07, 6.45) is 3.39. The summed E-state index contributed by atoms with van der Waals surface area (Å²) in [5, 5.41) is 0. The number of carbonyl (C=O) groups excluding carboxylic acids is 1. The van der Waals surface area contributed by atoms with Crippen molar-refractivity contribution in [1.29, 1.82) is 0 Å². The molecule has 0 aromatic heterocycles. The van der Waals surface area contributed by atoms with E-state index in [4.69, 9.17) is 5.73 Å². The third-order valence-corrected chi connectivity index (χ3v) is 4.21. The number of carbonyl (C=O) groups is 1. The Morgan fingerprint density at radius 3 is 2.94 bits per heavy atom. The number of halogens is 1. The van der Waals surface area contributed by atoms with Crippen LogP contribution in [0.3, 0.4) is 0 Å². The zero-order valence-corrected chi connectivity index (χ0v) is 11.5. The van der Waals surface area contributed by atoms with Crippen LogP contribution in [0, 0.1) is 0 Å². The summed E-state index contributed by atoms with van der Waals surface area (Å²) < 4.78 is 0.711. The number of likely N-dealkylation sites (tertiary alicyclic amines) is 1. The Morgan fingerprint density at radius 2 is 2.24 bits per heavy atom. The van der Waals surface area contributed by atoms with Crippen LogP contribution in [0.25, 0.3) is 0 Å². The van der Waals surface area contributed by atoms with Crippen LogP contribution in [-0.2, 0) is 0 Å². The number of anilines is 1. The van der Waals surface area contributed by atoms with Crippen LogP contribution in [0.2, 0.25) is 0 Å². The molecule has 1 atom stereocenters. The number of hydrogen-bond acceptors (Lipinski definition) is 2. The zero-order chi connectivity index (χ0) is 12.4. The van der Waals surface area contributed by atoms with Crippen LogP contribution in [0.1, 0.15) is 36.5 Å². The minimum Gasteiger partial charge on any atom is -0.398 e. The van der Waals surface area contributed by atoms with Crippen molar-refractivity contribution in [2.45, 2.75) is 32.2 Å². The first-order valence-electron chi connectivity index (χ1n) is 5.96. The van der Waals surface area contributed by atoms with Gasteiger partial charge in [-0.15, -0.1) is 0 Å². The van der Waals surface area contributed by atoms with E-state index < -0.39 is 0 Å². The van der Waals surface area contributed by atoms with Gasteiger partial charge >= 0.3 is 0 Å². The minimum atomic E-state index is 0.0800. The molecule has 3 nitrogen and oxygen atoms in total. The van der Waals surface area contributed by atoms with E-state index in [1.165, 1.54) is 6.42 Å². The van der Waals surface area contributed by atoms with E-state index in [1.807, 2.05) is 17.0 Å². The maximum Gasteiger partial charge on any atom is 0.255 e. The molecule has 1 aromatic carbocycles. The molecule has 4 heteroatoms. The Kier molecular flexibility index (Phi) is 3.72. The monoisotopic (exact) mass is 296 g/mol. The SMILES string of the molecule is CC1CCCCN1C(=O)c1cccc(N)c1Br. The first-order chi connectivity index (χ1) is 8.11. The molecule has 0 radical (unpaired) electrons. The Labute approximate surface area is 110 Å². The maximum absolute atomic E-state index is 12.4. The van der Waals surface area contributed by atoms with Crippen molar-refractivity contribution < 1.29 is 4.79 Å². The number of nitrogens with zero attached hydrogens (tertiary/aromatic N) is 1. The molecule has 1 unspecified atom stereocenters. The number of hydrogen-bond donors (Lipinski definition) is 1. The second-order valence-corrected chi connectivity index (χ2v) is 5.35. The topological polar surface area (TPSA) is 46.3 Å². The first kappa shape index (κ1) is 12.4.